The summed E-state index contributed by atoms with van der Waals surface area (Å²) in [4.78, 5) is 0. The zero-order valence-corrected chi connectivity index (χ0v) is 6.85. The predicted molar refractivity (Wildman–Crippen MR) is 43.5 cm³/mol. The van der Waals surface area contributed by atoms with Crippen LogP contribution in [0.1, 0.15) is 12.5 Å². The molecule has 3 rings (SSSR count). The van der Waals surface area contributed by atoms with Crippen LogP contribution in [-0.2, 0) is 0 Å². The molecule has 0 spiro atoms. The number of hydrogen-bond acceptors (Lipinski definition) is 3. The summed E-state index contributed by atoms with van der Waals surface area (Å²) in [6.45, 7) is 2.33. The maximum atomic E-state index is 3.84. The molecule has 2 atom stereocenters. The number of nitrogens with one attached hydrogen (secondary N) is 1. The summed E-state index contributed by atoms with van der Waals surface area (Å²) in [7, 11) is 0. The van der Waals surface area contributed by atoms with Gasteiger partial charge in [-0.05, 0) is 31.3 Å². The molecule has 2 unspecified atom stereocenters. The van der Waals surface area contributed by atoms with E-state index in [1.54, 1.807) is 0 Å². The molecular formula is C8H12N4. The van der Waals surface area contributed by atoms with E-state index in [9.17, 15) is 0 Å². The van der Waals surface area contributed by atoms with Gasteiger partial charge in [0.2, 0.25) is 0 Å². The topological polar surface area (TPSA) is 42.7 Å². The van der Waals surface area contributed by atoms with Crippen LogP contribution < -0.4 is 5.32 Å². The summed E-state index contributed by atoms with van der Waals surface area (Å²) in [6, 6.07) is 0.682. The SMILES string of the molecule is c1nncn1C1C2CNCC1C2. The molecule has 1 N–H and O–H groups in total. The molecule has 1 saturated heterocycles. The van der Waals surface area contributed by atoms with Crippen molar-refractivity contribution in [1.82, 2.24) is 20.1 Å². The lowest BCUT2D eigenvalue weighted by atomic mass is 9.67. The third kappa shape index (κ3) is 0.756. The Morgan fingerprint density at radius 2 is 1.83 bits per heavy atom. The number of piperidine rings is 2. The molecule has 1 aliphatic heterocycles. The smallest absolute Gasteiger partial charge is 0.119 e. The number of fused-ring (bicyclic) bond motifs is 2. The summed E-state index contributed by atoms with van der Waals surface area (Å²) in [5.74, 6) is 1.64. The first-order chi connectivity index (χ1) is 5.95. The lowest BCUT2D eigenvalue weighted by Crippen LogP contribution is -2.53. The van der Waals surface area contributed by atoms with Gasteiger partial charge in [-0.15, -0.1) is 10.2 Å². The summed E-state index contributed by atoms with van der Waals surface area (Å²) in [6.07, 6.45) is 5.07. The second kappa shape index (κ2) is 2.29. The molecule has 4 heteroatoms. The van der Waals surface area contributed by atoms with Crippen molar-refractivity contribution in [3.63, 3.8) is 0 Å². The van der Waals surface area contributed by atoms with Crippen molar-refractivity contribution < 1.29 is 0 Å². The third-order valence-electron chi connectivity index (χ3n) is 3.17. The van der Waals surface area contributed by atoms with Gasteiger partial charge in [-0.3, -0.25) is 0 Å². The molecule has 0 aromatic carbocycles. The van der Waals surface area contributed by atoms with Gasteiger partial charge in [-0.25, -0.2) is 0 Å². The minimum atomic E-state index is 0.682. The first-order valence-electron chi connectivity index (χ1n) is 4.50. The molecule has 1 aromatic rings. The second-order valence-corrected chi connectivity index (χ2v) is 3.81. The molecule has 1 aromatic heterocycles. The van der Waals surface area contributed by atoms with Crippen molar-refractivity contribution in [2.75, 3.05) is 13.1 Å². The predicted octanol–water partition coefficient (Wildman–Crippen LogP) is 0.0585. The Labute approximate surface area is 71.0 Å². The van der Waals surface area contributed by atoms with Gasteiger partial charge < -0.3 is 9.88 Å². The van der Waals surface area contributed by atoms with E-state index >= 15 is 0 Å². The van der Waals surface area contributed by atoms with Gasteiger partial charge >= 0.3 is 0 Å². The van der Waals surface area contributed by atoms with Gasteiger partial charge in [0.15, 0.2) is 0 Å². The van der Waals surface area contributed by atoms with E-state index in [-0.39, 0.29) is 0 Å². The van der Waals surface area contributed by atoms with Crippen LogP contribution in [0.25, 0.3) is 0 Å². The van der Waals surface area contributed by atoms with E-state index in [1.165, 1.54) is 19.5 Å². The second-order valence-electron chi connectivity index (χ2n) is 3.81. The Morgan fingerprint density at radius 1 is 1.17 bits per heavy atom. The van der Waals surface area contributed by atoms with Crippen LogP contribution in [0.4, 0.5) is 0 Å². The van der Waals surface area contributed by atoms with Crippen LogP contribution >= 0.6 is 0 Å². The Morgan fingerprint density at radius 3 is 2.42 bits per heavy atom. The largest absolute Gasteiger partial charge is 0.316 e. The first-order valence-corrected chi connectivity index (χ1v) is 4.50. The van der Waals surface area contributed by atoms with Crippen molar-refractivity contribution in [3.05, 3.63) is 12.7 Å². The van der Waals surface area contributed by atoms with Crippen LogP contribution in [-0.4, -0.2) is 27.9 Å². The number of rotatable bonds is 1. The molecule has 2 fully saturated rings. The van der Waals surface area contributed by atoms with Crippen LogP contribution in [0.3, 0.4) is 0 Å². The van der Waals surface area contributed by atoms with Crippen molar-refractivity contribution in [3.8, 4) is 0 Å². The molecular weight excluding hydrogens is 152 g/mol. The fourth-order valence-corrected chi connectivity index (χ4v) is 2.57. The number of hydrogen-bond donors (Lipinski definition) is 1. The average molecular weight is 164 g/mol. The highest BCUT2D eigenvalue weighted by Gasteiger charge is 2.44. The summed E-state index contributed by atoms with van der Waals surface area (Å²) in [5.41, 5.74) is 0. The Bertz CT molecular complexity index is 255. The van der Waals surface area contributed by atoms with Crippen LogP contribution in [0.15, 0.2) is 12.7 Å². The van der Waals surface area contributed by atoms with Crippen LogP contribution in [0.5, 0.6) is 0 Å². The fraction of sp³-hybridized carbons (Fsp3) is 0.750. The molecule has 0 radical (unpaired) electrons. The Hall–Kier alpha value is -0.900. The molecule has 64 valence electrons. The molecule has 2 heterocycles. The summed E-state index contributed by atoms with van der Waals surface area (Å²) < 4.78 is 2.17. The van der Waals surface area contributed by atoms with Gasteiger partial charge in [0.05, 0.1) is 0 Å². The third-order valence-corrected chi connectivity index (χ3v) is 3.17. The van der Waals surface area contributed by atoms with E-state index in [4.69, 9.17) is 0 Å². The van der Waals surface area contributed by atoms with Crippen LogP contribution in [0.2, 0.25) is 0 Å². The average Bonchev–Trinajstić information content (AvgIpc) is 2.58. The highest BCUT2D eigenvalue weighted by molar-refractivity contribution is 4.99. The lowest BCUT2D eigenvalue weighted by molar-refractivity contribution is 0.0412. The van der Waals surface area contributed by atoms with Gasteiger partial charge in [-0.2, -0.15) is 0 Å². The van der Waals surface area contributed by atoms with Gasteiger partial charge in [0, 0.05) is 6.04 Å². The van der Waals surface area contributed by atoms with Gasteiger partial charge in [0.1, 0.15) is 12.7 Å². The number of nitrogens with zero attached hydrogens (tertiary/aromatic N) is 3. The molecule has 12 heavy (non-hydrogen) atoms. The van der Waals surface area contributed by atoms with Gasteiger partial charge in [-0.1, -0.05) is 0 Å². The first kappa shape index (κ1) is 6.60. The maximum absolute atomic E-state index is 3.84. The quantitative estimate of drug-likeness (QED) is 0.638. The highest BCUT2D eigenvalue weighted by Crippen LogP contribution is 2.45. The Kier molecular flexibility index (Phi) is 1.26. The van der Waals surface area contributed by atoms with E-state index < -0.39 is 0 Å². The number of aromatic nitrogens is 3. The van der Waals surface area contributed by atoms with Crippen molar-refractivity contribution >= 4 is 0 Å². The van der Waals surface area contributed by atoms with Gasteiger partial charge in [0.25, 0.3) is 0 Å². The van der Waals surface area contributed by atoms with Crippen molar-refractivity contribution in [1.29, 1.82) is 0 Å². The van der Waals surface area contributed by atoms with E-state index in [1.807, 2.05) is 12.7 Å². The Balaban J connectivity index is 1.86. The fourth-order valence-electron chi connectivity index (χ4n) is 2.57. The minimum Gasteiger partial charge on any atom is -0.316 e. The standard InChI is InChI=1S/C8H12N4/c1-6-2-9-3-7(1)8(6)12-4-10-11-5-12/h4-9H,1-3H2. The maximum Gasteiger partial charge on any atom is 0.119 e. The monoisotopic (exact) mass is 164 g/mol. The molecule has 1 aliphatic carbocycles. The molecule has 2 bridgehead atoms. The zero-order valence-electron chi connectivity index (χ0n) is 6.85. The highest BCUT2D eigenvalue weighted by atomic mass is 15.3. The van der Waals surface area contributed by atoms with E-state index in [0.29, 0.717) is 6.04 Å². The van der Waals surface area contributed by atoms with Crippen LogP contribution in [0, 0.1) is 11.8 Å². The van der Waals surface area contributed by atoms with E-state index in [2.05, 4.69) is 20.1 Å². The summed E-state index contributed by atoms with van der Waals surface area (Å²) in [5, 5.41) is 11.1. The molecule has 1 saturated carbocycles. The lowest BCUT2D eigenvalue weighted by Gasteiger charge is -2.49. The van der Waals surface area contributed by atoms with Crippen molar-refractivity contribution in [2.45, 2.75) is 12.5 Å². The summed E-state index contributed by atoms with van der Waals surface area (Å²) >= 11 is 0. The van der Waals surface area contributed by atoms with E-state index in [0.717, 1.165) is 11.8 Å². The molecule has 4 nitrogen and oxygen atoms in total. The molecule has 0 amide bonds. The normalized spacial score (nSPS) is 39.2. The zero-order chi connectivity index (χ0) is 7.97. The van der Waals surface area contributed by atoms with Crippen molar-refractivity contribution in [2.24, 2.45) is 11.8 Å². The molecule has 2 aliphatic rings. The minimum absolute atomic E-state index is 0.682.